The van der Waals surface area contributed by atoms with E-state index in [1.54, 1.807) is 11.3 Å². The van der Waals surface area contributed by atoms with Gasteiger partial charge in [-0.15, -0.1) is 0 Å². The van der Waals surface area contributed by atoms with E-state index in [1.165, 1.54) is 5.56 Å². The maximum atomic E-state index is 13.4. The van der Waals surface area contributed by atoms with Gasteiger partial charge in [0.2, 0.25) is 0 Å². The Bertz CT molecular complexity index is 924. The van der Waals surface area contributed by atoms with Gasteiger partial charge in [0.05, 0.1) is 12.3 Å². The van der Waals surface area contributed by atoms with Crippen LogP contribution in [-0.2, 0) is 22.4 Å². The number of rotatable bonds is 6. The number of hydrogen-bond donors (Lipinski definition) is 0. The smallest absolute Gasteiger partial charge is 0.273 e. The van der Waals surface area contributed by atoms with E-state index < -0.39 is 5.92 Å². The fourth-order valence-corrected chi connectivity index (χ4v) is 6.13. The summed E-state index contributed by atoms with van der Waals surface area (Å²) in [6.07, 6.45) is 3.20. The van der Waals surface area contributed by atoms with Gasteiger partial charge in [-0.3, -0.25) is 9.59 Å². The van der Waals surface area contributed by atoms with Crippen molar-refractivity contribution in [3.63, 3.8) is 0 Å². The van der Waals surface area contributed by atoms with Crippen molar-refractivity contribution in [2.75, 3.05) is 6.61 Å². The van der Waals surface area contributed by atoms with E-state index in [-0.39, 0.29) is 29.3 Å². The minimum absolute atomic E-state index is 0.140. The highest BCUT2D eigenvalue weighted by atomic mass is 32.1. The van der Waals surface area contributed by atoms with Crippen molar-refractivity contribution < 1.29 is 14.3 Å². The first kappa shape index (κ1) is 21.2. The van der Waals surface area contributed by atoms with Crippen LogP contribution in [0.15, 0.2) is 12.1 Å². The van der Waals surface area contributed by atoms with Crippen molar-refractivity contribution in [2.24, 2.45) is 17.8 Å². The first-order valence-electron chi connectivity index (χ1n) is 11.1. The van der Waals surface area contributed by atoms with E-state index in [1.807, 2.05) is 13.8 Å². The molecule has 0 bridgehead atoms. The number of benzene rings is 1. The molecule has 2 atom stereocenters. The van der Waals surface area contributed by atoms with Crippen LogP contribution in [0.4, 0.5) is 0 Å². The number of ketones is 2. The molecule has 1 aromatic heterocycles. The topological polar surface area (TPSA) is 56.3 Å². The summed E-state index contributed by atoms with van der Waals surface area (Å²) in [6.45, 7) is 10.9. The Kier molecular flexibility index (Phi) is 5.84. The summed E-state index contributed by atoms with van der Waals surface area (Å²) in [4.78, 5) is 32.4. The lowest BCUT2D eigenvalue weighted by atomic mass is 9.82. The fourth-order valence-electron chi connectivity index (χ4n) is 5.36. The molecule has 2 fully saturated rings. The Morgan fingerprint density at radius 3 is 2.03 bits per heavy atom. The van der Waals surface area contributed by atoms with Gasteiger partial charge in [-0.05, 0) is 69.1 Å². The molecule has 160 valence electrons. The number of aromatic nitrogens is 1. The molecule has 2 aromatic rings. The van der Waals surface area contributed by atoms with Crippen LogP contribution in [0.3, 0.4) is 0 Å². The van der Waals surface area contributed by atoms with E-state index in [4.69, 9.17) is 4.74 Å². The predicted octanol–water partition coefficient (Wildman–Crippen LogP) is 5.15. The van der Waals surface area contributed by atoms with Crippen LogP contribution in [0, 0.1) is 38.5 Å². The number of carbonyl (C=O) groups excluding carboxylic acids is 2. The highest BCUT2D eigenvalue weighted by Crippen LogP contribution is 2.49. The monoisotopic (exact) mass is 425 g/mol. The van der Waals surface area contributed by atoms with Crippen molar-refractivity contribution in [2.45, 2.75) is 66.2 Å². The molecule has 2 aliphatic rings. The van der Waals surface area contributed by atoms with E-state index in [2.05, 4.69) is 37.9 Å². The maximum absolute atomic E-state index is 13.4. The number of aryl methyl sites for hydroxylation is 5. The largest absolute Gasteiger partial charge is 0.470 e. The third-order valence-corrected chi connectivity index (χ3v) is 7.94. The zero-order valence-electron chi connectivity index (χ0n) is 18.6. The molecule has 2 saturated carbocycles. The second-order valence-corrected chi connectivity index (χ2v) is 10.1. The molecule has 2 unspecified atom stereocenters. The molecule has 4 rings (SSSR count). The molecule has 0 aliphatic heterocycles. The summed E-state index contributed by atoms with van der Waals surface area (Å²) >= 11 is 1.56. The zero-order valence-corrected chi connectivity index (χ0v) is 19.4. The Morgan fingerprint density at radius 1 is 1.00 bits per heavy atom. The number of Topliss-reactive ketones (excluding diaryl/α,β-unsaturated/α-hetero) is 2. The average Bonchev–Trinajstić information content (AvgIpc) is 3.35. The van der Waals surface area contributed by atoms with Gasteiger partial charge in [0, 0.05) is 16.7 Å². The predicted molar refractivity (Wildman–Crippen MR) is 119 cm³/mol. The average molecular weight is 426 g/mol. The number of nitrogens with zero attached hydrogens (tertiary/aromatic N) is 1. The van der Waals surface area contributed by atoms with E-state index >= 15 is 0 Å². The molecule has 4 nitrogen and oxygen atoms in total. The maximum Gasteiger partial charge on any atom is 0.273 e. The van der Waals surface area contributed by atoms with Crippen LogP contribution in [0.5, 0.6) is 5.19 Å². The van der Waals surface area contributed by atoms with E-state index in [0.717, 1.165) is 52.9 Å². The molecular weight excluding hydrogens is 394 g/mol. The summed E-state index contributed by atoms with van der Waals surface area (Å²) in [6, 6.07) is 4.30. The number of ether oxygens (including phenoxy) is 1. The molecule has 0 saturated heterocycles. The lowest BCUT2D eigenvalue weighted by Gasteiger charge is -2.20. The Labute approximate surface area is 183 Å². The summed E-state index contributed by atoms with van der Waals surface area (Å²) in [5.74, 6) is -0.328. The number of hydrogen-bond acceptors (Lipinski definition) is 5. The lowest BCUT2D eigenvalue weighted by Crippen LogP contribution is -2.22. The molecule has 5 heteroatoms. The summed E-state index contributed by atoms with van der Waals surface area (Å²) in [5, 5.41) is 0.692. The quantitative estimate of drug-likeness (QED) is 0.601. The number of thiazole rings is 1. The van der Waals surface area contributed by atoms with Crippen molar-refractivity contribution in [1.82, 2.24) is 4.98 Å². The van der Waals surface area contributed by atoms with E-state index in [9.17, 15) is 9.59 Å². The summed E-state index contributed by atoms with van der Waals surface area (Å²) < 4.78 is 5.91. The standard InChI is InChI=1S/C25H31NO3S/c1-6-17-8-13(3)9-18(7-2)21(17)22-23(27)19-10-16(11-20(19)24(22)28)12-29-25-26-14(4)15(5)30-25/h8-9,16,19-20,22H,6-7,10-12H2,1-5H3. The summed E-state index contributed by atoms with van der Waals surface area (Å²) in [5.41, 5.74) is 5.54. The third kappa shape index (κ3) is 3.62. The van der Waals surface area contributed by atoms with Crippen molar-refractivity contribution in [3.05, 3.63) is 45.0 Å². The lowest BCUT2D eigenvalue weighted by molar-refractivity contribution is -0.125. The van der Waals surface area contributed by atoms with Gasteiger partial charge in [0.15, 0.2) is 11.6 Å². The third-order valence-electron chi connectivity index (χ3n) is 6.96. The van der Waals surface area contributed by atoms with Gasteiger partial charge in [0.25, 0.3) is 5.19 Å². The highest BCUT2D eigenvalue weighted by molar-refractivity contribution is 7.13. The molecule has 0 spiro atoms. The second-order valence-electron chi connectivity index (χ2n) is 8.92. The zero-order chi connectivity index (χ0) is 21.6. The minimum atomic E-state index is -0.559. The Hall–Kier alpha value is -2.01. The first-order valence-corrected chi connectivity index (χ1v) is 11.9. The Morgan fingerprint density at radius 2 is 1.57 bits per heavy atom. The SMILES string of the molecule is CCc1cc(C)cc(CC)c1C1C(=O)C2CC(COc3nc(C)c(C)s3)CC2C1=O. The number of fused-ring (bicyclic) bond motifs is 1. The molecule has 1 aromatic carbocycles. The van der Waals surface area contributed by atoms with Crippen LogP contribution < -0.4 is 4.74 Å². The van der Waals surface area contributed by atoms with Gasteiger partial charge < -0.3 is 4.74 Å². The number of carbonyl (C=O) groups is 2. The van der Waals surface area contributed by atoms with Crippen LogP contribution in [0.1, 0.15) is 65.4 Å². The van der Waals surface area contributed by atoms with Gasteiger partial charge in [-0.25, -0.2) is 4.98 Å². The fraction of sp³-hybridized carbons (Fsp3) is 0.560. The van der Waals surface area contributed by atoms with E-state index in [0.29, 0.717) is 11.8 Å². The molecule has 0 radical (unpaired) electrons. The normalized spacial score (nSPS) is 25.8. The van der Waals surface area contributed by atoms with Crippen molar-refractivity contribution in [3.8, 4) is 5.19 Å². The van der Waals surface area contributed by atoms with Crippen LogP contribution in [-0.4, -0.2) is 23.2 Å². The van der Waals surface area contributed by atoms with Gasteiger partial charge in [0.1, 0.15) is 5.92 Å². The van der Waals surface area contributed by atoms with Gasteiger partial charge >= 0.3 is 0 Å². The first-order chi connectivity index (χ1) is 14.3. The van der Waals surface area contributed by atoms with Crippen molar-refractivity contribution in [1.29, 1.82) is 0 Å². The van der Waals surface area contributed by atoms with Crippen molar-refractivity contribution >= 4 is 22.9 Å². The molecule has 2 aliphatic carbocycles. The second kappa shape index (κ2) is 8.26. The molecule has 1 heterocycles. The molecule has 0 amide bonds. The molecule has 0 N–H and O–H groups in total. The molecule has 30 heavy (non-hydrogen) atoms. The molecular formula is C25H31NO3S. The van der Waals surface area contributed by atoms with Crippen LogP contribution >= 0.6 is 11.3 Å². The Balaban J connectivity index is 1.51. The van der Waals surface area contributed by atoms with Crippen LogP contribution in [0.25, 0.3) is 0 Å². The minimum Gasteiger partial charge on any atom is -0.470 e. The summed E-state index contributed by atoms with van der Waals surface area (Å²) in [7, 11) is 0. The van der Waals surface area contributed by atoms with Gasteiger partial charge in [-0.1, -0.05) is 42.9 Å². The highest BCUT2D eigenvalue weighted by Gasteiger charge is 2.54. The van der Waals surface area contributed by atoms with Gasteiger partial charge in [-0.2, -0.15) is 0 Å². The van der Waals surface area contributed by atoms with Crippen LogP contribution in [0.2, 0.25) is 0 Å².